The Morgan fingerprint density at radius 2 is 1.70 bits per heavy atom. The normalized spacial score (nSPS) is 11.5. The van der Waals surface area contributed by atoms with Gasteiger partial charge in [0, 0.05) is 5.56 Å². The Labute approximate surface area is 143 Å². The number of phenolic OH excluding ortho intramolecular Hbond substituents is 2. The molecule has 0 aromatic heterocycles. The van der Waals surface area contributed by atoms with Crippen LogP contribution < -0.4 is 0 Å². The maximum atomic E-state index is 11.7. The van der Waals surface area contributed by atoms with Crippen LogP contribution in [0.25, 0.3) is 0 Å². The van der Waals surface area contributed by atoms with Crippen molar-refractivity contribution in [2.45, 2.75) is 53.9 Å². The molecule has 0 aliphatic heterocycles. The first-order valence-electron chi connectivity index (χ1n) is 7.69. The van der Waals surface area contributed by atoms with Gasteiger partial charge in [-0.25, -0.2) is 0 Å². The molecule has 0 aliphatic carbocycles. The molecular formula is C19H25ClO3. The Bertz CT molecular complexity index is 666. The van der Waals surface area contributed by atoms with E-state index in [2.05, 4.69) is 19.9 Å². The van der Waals surface area contributed by atoms with E-state index in [1.807, 2.05) is 13.0 Å². The summed E-state index contributed by atoms with van der Waals surface area (Å²) in [4.78, 5) is 11.7. The van der Waals surface area contributed by atoms with Crippen LogP contribution >= 0.6 is 11.6 Å². The molecule has 0 amide bonds. The van der Waals surface area contributed by atoms with E-state index in [-0.39, 0.29) is 27.9 Å². The van der Waals surface area contributed by atoms with Crippen LogP contribution in [-0.2, 0) is 6.42 Å². The van der Waals surface area contributed by atoms with Gasteiger partial charge >= 0.3 is 0 Å². The molecule has 126 valence electrons. The molecule has 0 unspecified atom stereocenters. The van der Waals surface area contributed by atoms with Gasteiger partial charge in [0.1, 0.15) is 11.5 Å². The second-order valence-corrected chi connectivity index (χ2v) is 6.50. The van der Waals surface area contributed by atoms with Crippen molar-refractivity contribution in [3.63, 3.8) is 0 Å². The van der Waals surface area contributed by atoms with Crippen LogP contribution in [0.4, 0.5) is 0 Å². The number of aromatic hydroxyl groups is 2. The lowest BCUT2D eigenvalue weighted by Crippen LogP contribution is -2.01. The van der Waals surface area contributed by atoms with Crippen molar-refractivity contribution < 1.29 is 15.0 Å². The zero-order chi connectivity index (χ0) is 17.7. The number of hydrogen-bond acceptors (Lipinski definition) is 3. The number of benzene rings is 1. The van der Waals surface area contributed by atoms with Gasteiger partial charge in [0.05, 0.1) is 10.6 Å². The highest BCUT2D eigenvalue weighted by atomic mass is 35.5. The maximum Gasteiger partial charge on any atom is 0.163 e. The molecule has 0 heterocycles. The molecule has 1 aromatic carbocycles. The van der Waals surface area contributed by atoms with Gasteiger partial charge in [-0.1, -0.05) is 34.9 Å². The van der Waals surface area contributed by atoms with E-state index in [1.54, 1.807) is 6.92 Å². The molecule has 0 fully saturated rings. The number of carbonyl (C=O) groups is 1. The lowest BCUT2D eigenvalue weighted by molar-refractivity contribution is 0.101. The highest BCUT2D eigenvalue weighted by molar-refractivity contribution is 6.33. The van der Waals surface area contributed by atoms with E-state index in [1.165, 1.54) is 12.5 Å². The molecule has 23 heavy (non-hydrogen) atoms. The summed E-state index contributed by atoms with van der Waals surface area (Å²) in [6.07, 6.45) is 6.31. The molecule has 0 radical (unpaired) electrons. The van der Waals surface area contributed by atoms with Crippen molar-refractivity contribution in [1.29, 1.82) is 0 Å². The minimum Gasteiger partial charge on any atom is -0.507 e. The second kappa shape index (κ2) is 8.21. The molecule has 0 saturated carbocycles. The van der Waals surface area contributed by atoms with Gasteiger partial charge < -0.3 is 10.2 Å². The summed E-state index contributed by atoms with van der Waals surface area (Å²) in [5.41, 5.74) is 3.32. The SMILES string of the molecule is CC(=O)c1c(C)c(Cl)c(O)c(C/C=C(\C)CCC=C(C)C)c1O. The fourth-order valence-corrected chi connectivity index (χ4v) is 2.66. The summed E-state index contributed by atoms with van der Waals surface area (Å²) in [6.45, 7) is 9.12. The second-order valence-electron chi connectivity index (χ2n) is 6.12. The van der Waals surface area contributed by atoms with Crippen LogP contribution in [0, 0.1) is 6.92 Å². The zero-order valence-electron chi connectivity index (χ0n) is 14.5. The van der Waals surface area contributed by atoms with Crippen molar-refractivity contribution in [2.75, 3.05) is 0 Å². The van der Waals surface area contributed by atoms with Gasteiger partial charge in [0.25, 0.3) is 0 Å². The third kappa shape index (κ3) is 4.87. The minimum absolute atomic E-state index is 0.124. The number of hydrogen-bond donors (Lipinski definition) is 2. The summed E-state index contributed by atoms with van der Waals surface area (Å²) in [6, 6.07) is 0. The van der Waals surface area contributed by atoms with Crippen LogP contribution in [0.5, 0.6) is 11.5 Å². The molecule has 0 spiro atoms. The summed E-state index contributed by atoms with van der Waals surface area (Å²) in [5.74, 6) is -0.599. The van der Waals surface area contributed by atoms with Crippen molar-refractivity contribution in [1.82, 2.24) is 0 Å². The molecule has 0 aliphatic rings. The van der Waals surface area contributed by atoms with Crippen LogP contribution in [0.3, 0.4) is 0 Å². The predicted octanol–water partition coefficient (Wildman–Crippen LogP) is 5.50. The van der Waals surface area contributed by atoms with E-state index in [0.717, 1.165) is 18.4 Å². The van der Waals surface area contributed by atoms with E-state index < -0.39 is 0 Å². The lowest BCUT2D eigenvalue weighted by Gasteiger charge is -2.14. The minimum atomic E-state index is -0.271. The Balaban J connectivity index is 3.10. The number of Topliss-reactive ketones (excluding diaryl/α,β-unsaturated/α-hetero) is 1. The highest BCUT2D eigenvalue weighted by Gasteiger charge is 2.22. The zero-order valence-corrected chi connectivity index (χ0v) is 15.2. The molecule has 0 saturated heterocycles. The number of ketones is 1. The first-order valence-corrected chi connectivity index (χ1v) is 8.07. The summed E-state index contributed by atoms with van der Waals surface area (Å²) < 4.78 is 0. The van der Waals surface area contributed by atoms with Gasteiger partial charge in [0.15, 0.2) is 5.78 Å². The first kappa shape index (κ1) is 19.3. The molecule has 1 rings (SSSR count). The van der Waals surface area contributed by atoms with E-state index in [9.17, 15) is 15.0 Å². The topological polar surface area (TPSA) is 57.5 Å². The molecular weight excluding hydrogens is 312 g/mol. The predicted molar refractivity (Wildman–Crippen MR) is 95.6 cm³/mol. The van der Waals surface area contributed by atoms with Crippen molar-refractivity contribution >= 4 is 17.4 Å². The van der Waals surface area contributed by atoms with Crippen molar-refractivity contribution in [2.24, 2.45) is 0 Å². The summed E-state index contributed by atoms with van der Waals surface area (Å²) in [5, 5.41) is 20.6. The smallest absolute Gasteiger partial charge is 0.163 e. The fourth-order valence-electron chi connectivity index (χ4n) is 2.45. The standard InChI is InChI=1S/C19H25ClO3/c1-11(2)7-6-8-12(3)9-10-15-18(22)16(14(5)21)13(4)17(20)19(15)23/h7,9,22-23H,6,8,10H2,1-5H3/b12-9+. The fraction of sp³-hybridized carbons (Fsp3) is 0.421. The third-order valence-electron chi connectivity index (χ3n) is 3.82. The van der Waals surface area contributed by atoms with Crippen molar-refractivity contribution in [3.8, 4) is 11.5 Å². The number of carbonyl (C=O) groups excluding carboxylic acids is 1. The number of rotatable bonds is 6. The molecule has 1 aromatic rings. The van der Waals surface area contributed by atoms with E-state index in [0.29, 0.717) is 17.5 Å². The van der Waals surface area contributed by atoms with Crippen molar-refractivity contribution in [3.05, 3.63) is 45.0 Å². The van der Waals surface area contributed by atoms with E-state index >= 15 is 0 Å². The largest absolute Gasteiger partial charge is 0.507 e. The monoisotopic (exact) mass is 336 g/mol. The Kier molecular flexibility index (Phi) is 6.89. The van der Waals surface area contributed by atoms with Gasteiger partial charge in [-0.3, -0.25) is 4.79 Å². The van der Waals surface area contributed by atoms with Gasteiger partial charge in [-0.15, -0.1) is 0 Å². The average molecular weight is 337 g/mol. The van der Waals surface area contributed by atoms with Gasteiger partial charge in [0.2, 0.25) is 0 Å². The highest BCUT2D eigenvalue weighted by Crippen LogP contribution is 2.41. The van der Waals surface area contributed by atoms with Crippen LogP contribution in [0.15, 0.2) is 23.3 Å². The van der Waals surface area contributed by atoms with Gasteiger partial charge in [-0.2, -0.15) is 0 Å². The maximum absolute atomic E-state index is 11.7. The first-order chi connectivity index (χ1) is 10.7. The number of allylic oxidation sites excluding steroid dienone is 4. The number of phenols is 2. The van der Waals surface area contributed by atoms with Gasteiger partial charge in [-0.05, 0) is 59.4 Å². The van der Waals surface area contributed by atoms with E-state index in [4.69, 9.17) is 11.6 Å². The summed E-state index contributed by atoms with van der Waals surface area (Å²) in [7, 11) is 0. The Hall–Kier alpha value is -1.74. The lowest BCUT2D eigenvalue weighted by atomic mass is 9.96. The van der Waals surface area contributed by atoms with Crippen LogP contribution in [0.1, 0.15) is 62.0 Å². The number of halogens is 1. The Morgan fingerprint density at radius 1 is 1.09 bits per heavy atom. The molecule has 0 bridgehead atoms. The molecule has 3 nitrogen and oxygen atoms in total. The average Bonchev–Trinajstić information content (AvgIpc) is 2.44. The third-order valence-corrected chi connectivity index (χ3v) is 4.28. The molecule has 2 N–H and O–H groups in total. The van der Waals surface area contributed by atoms with Crippen LogP contribution in [0.2, 0.25) is 5.02 Å². The Morgan fingerprint density at radius 3 is 2.22 bits per heavy atom. The summed E-state index contributed by atoms with van der Waals surface area (Å²) >= 11 is 6.10. The molecule has 4 heteroatoms. The van der Waals surface area contributed by atoms with Crippen LogP contribution in [-0.4, -0.2) is 16.0 Å². The quantitative estimate of drug-likeness (QED) is 0.533. The molecule has 0 atom stereocenters.